The third-order valence-electron chi connectivity index (χ3n) is 2.84. The Morgan fingerprint density at radius 1 is 1.30 bits per heavy atom. The minimum Gasteiger partial charge on any atom is -0.488 e. The highest BCUT2D eigenvalue weighted by atomic mass is 35.5. The second kappa shape index (κ2) is 6.57. The van der Waals surface area contributed by atoms with Crippen LogP contribution in [0.1, 0.15) is 18.9 Å². The van der Waals surface area contributed by atoms with Crippen LogP contribution >= 0.6 is 11.6 Å². The number of halogens is 2. The van der Waals surface area contributed by atoms with Crippen molar-refractivity contribution < 1.29 is 9.13 Å². The molecule has 0 amide bonds. The summed E-state index contributed by atoms with van der Waals surface area (Å²) in [5.41, 5.74) is 0.00387. The molecule has 106 valence electrons. The Hall–Kier alpha value is -1.81. The molecule has 3 nitrogen and oxygen atoms in total. The summed E-state index contributed by atoms with van der Waals surface area (Å²) in [5, 5.41) is 0.303. The molecule has 20 heavy (non-hydrogen) atoms. The van der Waals surface area contributed by atoms with Crippen LogP contribution in [0.2, 0.25) is 5.02 Å². The first-order valence-corrected chi connectivity index (χ1v) is 6.76. The number of hydrogen-bond acceptors (Lipinski definition) is 2. The molecule has 0 unspecified atom stereocenters. The summed E-state index contributed by atoms with van der Waals surface area (Å²) in [5.74, 6) is -0.161. The van der Waals surface area contributed by atoms with Gasteiger partial charge >= 0.3 is 0 Å². The van der Waals surface area contributed by atoms with Crippen molar-refractivity contribution >= 4 is 11.6 Å². The van der Waals surface area contributed by atoms with Crippen LogP contribution in [-0.4, -0.2) is 11.2 Å². The zero-order valence-electron chi connectivity index (χ0n) is 11.1. The van der Waals surface area contributed by atoms with Crippen LogP contribution in [0.25, 0.3) is 0 Å². The number of nitrogens with zero attached hydrogens (tertiary/aromatic N) is 1. The van der Waals surface area contributed by atoms with E-state index in [1.165, 1.54) is 16.7 Å². The maximum absolute atomic E-state index is 13.7. The van der Waals surface area contributed by atoms with Gasteiger partial charge in [-0.15, -0.1) is 0 Å². The molecule has 0 aliphatic rings. The van der Waals surface area contributed by atoms with Gasteiger partial charge in [-0.25, -0.2) is 4.39 Å². The molecule has 0 fully saturated rings. The number of ether oxygens (including phenoxy) is 1. The number of benzene rings is 1. The zero-order chi connectivity index (χ0) is 14.5. The molecule has 0 aliphatic heterocycles. The molecule has 0 saturated heterocycles. The van der Waals surface area contributed by atoms with Crippen LogP contribution in [0.5, 0.6) is 5.75 Å². The Morgan fingerprint density at radius 3 is 2.80 bits per heavy atom. The van der Waals surface area contributed by atoms with Gasteiger partial charge in [0.1, 0.15) is 5.82 Å². The Balaban J connectivity index is 2.32. The predicted molar refractivity (Wildman–Crippen MR) is 77.0 cm³/mol. The fourth-order valence-corrected chi connectivity index (χ4v) is 2.04. The standard InChI is InChI=1S/C15H15ClFNO2/c1-2-9-20-14-7-4-8-18(15(14)19)10-11-12(16)5-3-6-13(11)17/h3-8H,2,9-10H2,1H3. The van der Waals surface area contributed by atoms with Crippen LogP contribution in [0, 0.1) is 5.82 Å². The second-order valence-corrected chi connectivity index (χ2v) is 4.76. The molecule has 0 N–H and O–H groups in total. The highest BCUT2D eigenvalue weighted by molar-refractivity contribution is 6.31. The number of aromatic nitrogens is 1. The lowest BCUT2D eigenvalue weighted by atomic mass is 10.2. The van der Waals surface area contributed by atoms with Crippen molar-refractivity contribution in [2.75, 3.05) is 6.61 Å². The van der Waals surface area contributed by atoms with E-state index in [0.29, 0.717) is 17.2 Å². The molecular formula is C15H15ClFNO2. The summed E-state index contributed by atoms with van der Waals surface area (Å²) in [6, 6.07) is 7.76. The predicted octanol–water partition coefficient (Wildman–Crippen LogP) is 3.48. The van der Waals surface area contributed by atoms with Crippen molar-refractivity contribution in [2.45, 2.75) is 19.9 Å². The van der Waals surface area contributed by atoms with Crippen LogP contribution in [0.15, 0.2) is 41.3 Å². The SMILES string of the molecule is CCCOc1cccn(Cc2c(F)cccc2Cl)c1=O. The van der Waals surface area contributed by atoms with Gasteiger partial charge in [-0.3, -0.25) is 4.79 Å². The largest absolute Gasteiger partial charge is 0.488 e. The average molecular weight is 296 g/mol. The Bertz CT molecular complexity index is 634. The van der Waals surface area contributed by atoms with E-state index >= 15 is 0 Å². The normalized spacial score (nSPS) is 10.6. The fourth-order valence-electron chi connectivity index (χ4n) is 1.81. The van der Waals surface area contributed by atoms with Crippen LogP contribution in [-0.2, 0) is 6.54 Å². The van der Waals surface area contributed by atoms with Gasteiger partial charge in [0.2, 0.25) is 0 Å². The van der Waals surface area contributed by atoms with Crippen molar-refractivity contribution in [3.8, 4) is 5.75 Å². The van der Waals surface area contributed by atoms with Gasteiger partial charge in [-0.2, -0.15) is 0 Å². The first-order valence-electron chi connectivity index (χ1n) is 6.38. The summed E-state index contributed by atoms with van der Waals surface area (Å²) in [6.45, 7) is 2.51. The molecule has 2 rings (SSSR count). The zero-order valence-corrected chi connectivity index (χ0v) is 11.9. The van der Waals surface area contributed by atoms with E-state index < -0.39 is 5.82 Å². The lowest BCUT2D eigenvalue weighted by Gasteiger charge is -2.10. The maximum Gasteiger partial charge on any atom is 0.293 e. The quantitative estimate of drug-likeness (QED) is 0.845. The van der Waals surface area contributed by atoms with E-state index in [1.807, 2.05) is 6.92 Å². The maximum atomic E-state index is 13.7. The summed E-state index contributed by atoms with van der Waals surface area (Å²) >= 11 is 5.97. The topological polar surface area (TPSA) is 31.2 Å². The first kappa shape index (κ1) is 14.6. The average Bonchev–Trinajstić information content (AvgIpc) is 2.43. The van der Waals surface area contributed by atoms with E-state index in [0.717, 1.165) is 6.42 Å². The molecule has 2 aromatic rings. The van der Waals surface area contributed by atoms with Crippen molar-refractivity contribution in [2.24, 2.45) is 0 Å². The third kappa shape index (κ3) is 3.20. The fraction of sp³-hybridized carbons (Fsp3) is 0.267. The van der Waals surface area contributed by atoms with Gasteiger partial charge in [-0.05, 0) is 30.7 Å². The summed E-state index contributed by atoms with van der Waals surface area (Å²) in [4.78, 5) is 12.2. The molecule has 0 spiro atoms. The van der Waals surface area contributed by atoms with Crippen molar-refractivity contribution in [3.63, 3.8) is 0 Å². The molecule has 1 heterocycles. The van der Waals surface area contributed by atoms with Crippen LogP contribution in [0.3, 0.4) is 0 Å². The van der Waals surface area contributed by atoms with Crippen LogP contribution in [0.4, 0.5) is 4.39 Å². The molecule has 5 heteroatoms. The van der Waals surface area contributed by atoms with Crippen molar-refractivity contribution in [1.82, 2.24) is 4.57 Å². The Kier molecular flexibility index (Phi) is 4.79. The molecule has 0 atom stereocenters. The van der Waals surface area contributed by atoms with E-state index in [-0.39, 0.29) is 17.9 Å². The number of hydrogen-bond donors (Lipinski definition) is 0. The third-order valence-corrected chi connectivity index (χ3v) is 3.19. The van der Waals surface area contributed by atoms with Crippen molar-refractivity contribution in [3.05, 3.63) is 63.3 Å². The molecular weight excluding hydrogens is 281 g/mol. The minimum absolute atomic E-state index is 0.0770. The molecule has 0 aliphatic carbocycles. The highest BCUT2D eigenvalue weighted by Crippen LogP contribution is 2.19. The smallest absolute Gasteiger partial charge is 0.293 e. The molecule has 0 bridgehead atoms. The summed E-state index contributed by atoms with van der Waals surface area (Å²) < 4.78 is 20.5. The second-order valence-electron chi connectivity index (χ2n) is 4.35. The lowest BCUT2D eigenvalue weighted by Crippen LogP contribution is -2.22. The molecule has 1 aromatic heterocycles. The summed E-state index contributed by atoms with van der Waals surface area (Å²) in [6.07, 6.45) is 2.40. The Morgan fingerprint density at radius 2 is 2.10 bits per heavy atom. The van der Waals surface area contributed by atoms with Gasteiger partial charge in [0, 0.05) is 16.8 Å². The van der Waals surface area contributed by atoms with Gasteiger partial charge in [-0.1, -0.05) is 24.6 Å². The van der Waals surface area contributed by atoms with Gasteiger partial charge < -0.3 is 9.30 Å². The van der Waals surface area contributed by atoms with Crippen molar-refractivity contribution in [1.29, 1.82) is 0 Å². The highest BCUT2D eigenvalue weighted by Gasteiger charge is 2.10. The monoisotopic (exact) mass is 295 g/mol. The van der Waals surface area contributed by atoms with E-state index in [2.05, 4.69) is 0 Å². The van der Waals surface area contributed by atoms with E-state index in [4.69, 9.17) is 16.3 Å². The van der Waals surface area contributed by atoms with Gasteiger partial charge in [0.05, 0.1) is 13.2 Å². The molecule has 0 radical (unpaired) electrons. The van der Waals surface area contributed by atoms with Gasteiger partial charge in [0.25, 0.3) is 5.56 Å². The molecule has 0 saturated carbocycles. The van der Waals surface area contributed by atoms with E-state index in [1.54, 1.807) is 24.4 Å². The van der Waals surface area contributed by atoms with Gasteiger partial charge in [0.15, 0.2) is 5.75 Å². The first-order chi connectivity index (χ1) is 9.63. The minimum atomic E-state index is -0.427. The van der Waals surface area contributed by atoms with E-state index in [9.17, 15) is 9.18 Å². The Labute approximate surface area is 121 Å². The number of pyridine rings is 1. The van der Waals surface area contributed by atoms with Crippen LogP contribution < -0.4 is 10.3 Å². The lowest BCUT2D eigenvalue weighted by molar-refractivity contribution is 0.310. The molecule has 1 aromatic carbocycles. The summed E-state index contributed by atoms with van der Waals surface area (Å²) in [7, 11) is 0. The number of rotatable bonds is 5.